The van der Waals surface area contributed by atoms with Crippen molar-refractivity contribution in [2.75, 3.05) is 6.54 Å². The van der Waals surface area contributed by atoms with Gasteiger partial charge in [0, 0.05) is 17.1 Å². The van der Waals surface area contributed by atoms with Crippen molar-refractivity contribution in [3.8, 4) is 16.3 Å². The molecule has 0 fully saturated rings. The van der Waals surface area contributed by atoms with Crippen molar-refractivity contribution in [3.63, 3.8) is 0 Å². The lowest BCUT2D eigenvalue weighted by molar-refractivity contribution is -0.129. The summed E-state index contributed by atoms with van der Waals surface area (Å²) < 4.78 is 0. The van der Waals surface area contributed by atoms with Crippen molar-refractivity contribution in [2.24, 2.45) is 0 Å². The Balaban J connectivity index is 1.53. The molecule has 1 amide bonds. The maximum atomic E-state index is 13.9. The minimum atomic E-state index is -0.860. The van der Waals surface area contributed by atoms with E-state index in [4.69, 9.17) is 11.6 Å². The third kappa shape index (κ3) is 4.88. The highest BCUT2D eigenvalue weighted by Crippen LogP contribution is 2.41. The number of carbonyl (C=O) groups excluding carboxylic acids is 2. The number of carbonyl (C=O) groups is 2. The van der Waals surface area contributed by atoms with E-state index in [9.17, 15) is 19.8 Å². The summed E-state index contributed by atoms with van der Waals surface area (Å²) in [6.45, 7) is 1.99. The van der Waals surface area contributed by atoms with Crippen molar-refractivity contribution in [2.45, 2.75) is 19.4 Å². The quantitative estimate of drug-likeness (QED) is 0.274. The Morgan fingerprint density at radius 2 is 1.76 bits per heavy atom. The molecule has 8 heteroatoms. The number of aliphatic hydroxyl groups excluding tert-OH is 1. The standard InChI is InChI=1S/C29H23ClN2O4S/c1-17-27(37-28(31-17)19-6-3-2-4-7-19)25(34)23-24(20-8-5-9-22(33)16-20)32(29(36)26(23)35)15-14-18-10-12-21(30)13-11-18/h2-13,16,24,33,35H,14-15H2,1H3. The first kappa shape index (κ1) is 24.7. The van der Waals surface area contributed by atoms with Crippen LogP contribution in [-0.4, -0.2) is 38.3 Å². The van der Waals surface area contributed by atoms with Crippen LogP contribution < -0.4 is 0 Å². The maximum absolute atomic E-state index is 13.9. The third-order valence-corrected chi connectivity index (χ3v) is 7.77. The Kier molecular flexibility index (Phi) is 6.82. The molecular formula is C29H23ClN2O4S. The van der Waals surface area contributed by atoms with Gasteiger partial charge in [-0.15, -0.1) is 11.3 Å². The molecule has 0 bridgehead atoms. The van der Waals surface area contributed by atoms with Gasteiger partial charge in [0.1, 0.15) is 10.8 Å². The number of aromatic nitrogens is 1. The lowest BCUT2D eigenvalue weighted by Crippen LogP contribution is -2.33. The molecule has 3 aromatic carbocycles. The summed E-state index contributed by atoms with van der Waals surface area (Å²) in [7, 11) is 0. The van der Waals surface area contributed by atoms with Crippen LogP contribution in [0.3, 0.4) is 0 Å². The Morgan fingerprint density at radius 1 is 1.03 bits per heavy atom. The van der Waals surface area contributed by atoms with Gasteiger partial charge in [-0.1, -0.05) is 66.2 Å². The first-order valence-corrected chi connectivity index (χ1v) is 12.9. The lowest BCUT2D eigenvalue weighted by atomic mass is 9.94. The summed E-state index contributed by atoms with van der Waals surface area (Å²) in [5.74, 6) is -1.66. The van der Waals surface area contributed by atoms with Crippen molar-refractivity contribution >= 4 is 34.6 Å². The van der Waals surface area contributed by atoms with Crippen molar-refractivity contribution in [3.05, 3.63) is 117 Å². The number of phenolic OH excluding ortho intramolecular Hbond substituents is 1. The number of ketones is 1. The summed E-state index contributed by atoms with van der Waals surface area (Å²) >= 11 is 7.22. The molecule has 2 N–H and O–H groups in total. The Bertz CT molecular complexity index is 1510. The van der Waals surface area contributed by atoms with Crippen molar-refractivity contribution in [1.82, 2.24) is 9.88 Å². The van der Waals surface area contributed by atoms with E-state index in [1.54, 1.807) is 31.2 Å². The van der Waals surface area contributed by atoms with Gasteiger partial charge in [0.25, 0.3) is 5.91 Å². The Hall–Kier alpha value is -3.94. The van der Waals surface area contributed by atoms with Gasteiger partial charge in [-0.25, -0.2) is 4.98 Å². The molecule has 186 valence electrons. The molecule has 1 aliphatic rings. The van der Waals surface area contributed by atoms with Crippen LogP contribution in [0, 0.1) is 6.92 Å². The number of benzene rings is 3. The molecule has 1 unspecified atom stereocenters. The molecule has 37 heavy (non-hydrogen) atoms. The number of aliphatic hydroxyl groups is 1. The minimum Gasteiger partial charge on any atom is -0.508 e. The lowest BCUT2D eigenvalue weighted by Gasteiger charge is -2.27. The predicted molar refractivity (Wildman–Crippen MR) is 144 cm³/mol. The molecule has 1 atom stereocenters. The Labute approximate surface area is 223 Å². The molecule has 0 radical (unpaired) electrons. The van der Waals surface area contributed by atoms with Gasteiger partial charge in [0.15, 0.2) is 5.76 Å². The van der Waals surface area contributed by atoms with E-state index >= 15 is 0 Å². The van der Waals surface area contributed by atoms with Gasteiger partial charge in [-0.05, 0) is 48.7 Å². The van der Waals surface area contributed by atoms with Gasteiger partial charge in [-0.3, -0.25) is 9.59 Å². The molecule has 0 spiro atoms. The van der Waals surface area contributed by atoms with Crippen LogP contribution in [0.2, 0.25) is 5.02 Å². The van der Waals surface area contributed by atoms with E-state index in [0.29, 0.717) is 32.6 Å². The topological polar surface area (TPSA) is 90.7 Å². The van der Waals surface area contributed by atoms with Crippen molar-refractivity contribution < 1.29 is 19.8 Å². The summed E-state index contributed by atoms with van der Waals surface area (Å²) in [5, 5.41) is 22.4. The number of aryl methyl sites for hydroxylation is 1. The van der Waals surface area contributed by atoms with Crippen LogP contribution in [0.4, 0.5) is 0 Å². The highest BCUT2D eigenvalue weighted by molar-refractivity contribution is 7.17. The molecule has 4 aromatic rings. The normalized spacial score (nSPS) is 15.5. The molecule has 6 nitrogen and oxygen atoms in total. The molecule has 0 saturated heterocycles. The van der Waals surface area contributed by atoms with Gasteiger partial charge >= 0.3 is 0 Å². The molecule has 1 aromatic heterocycles. The number of rotatable bonds is 7. The number of phenols is 1. The number of Topliss-reactive ketones (excluding diaryl/α,β-unsaturated/α-hetero) is 1. The highest BCUT2D eigenvalue weighted by atomic mass is 35.5. The van der Waals surface area contributed by atoms with Crippen LogP contribution in [0.25, 0.3) is 10.6 Å². The number of halogens is 1. The zero-order valence-electron chi connectivity index (χ0n) is 19.9. The van der Waals surface area contributed by atoms with Crippen LogP contribution in [-0.2, 0) is 11.2 Å². The van der Waals surface area contributed by atoms with E-state index in [2.05, 4.69) is 4.98 Å². The van der Waals surface area contributed by atoms with Gasteiger partial charge in [0.2, 0.25) is 5.78 Å². The number of nitrogens with zero attached hydrogens (tertiary/aromatic N) is 2. The fourth-order valence-electron chi connectivity index (χ4n) is 4.49. The van der Waals surface area contributed by atoms with Crippen LogP contribution in [0.15, 0.2) is 90.2 Å². The second-order valence-electron chi connectivity index (χ2n) is 8.76. The zero-order valence-corrected chi connectivity index (χ0v) is 21.5. The van der Waals surface area contributed by atoms with E-state index < -0.39 is 23.5 Å². The monoisotopic (exact) mass is 530 g/mol. The second kappa shape index (κ2) is 10.2. The molecule has 2 heterocycles. The summed E-state index contributed by atoms with van der Waals surface area (Å²) in [5.41, 5.74) is 2.87. The van der Waals surface area contributed by atoms with E-state index in [-0.39, 0.29) is 17.9 Å². The Morgan fingerprint density at radius 3 is 2.46 bits per heavy atom. The number of aromatic hydroxyl groups is 1. The average molecular weight is 531 g/mol. The predicted octanol–water partition coefficient (Wildman–Crippen LogP) is 6.30. The van der Waals surface area contributed by atoms with Gasteiger partial charge in [-0.2, -0.15) is 0 Å². The van der Waals surface area contributed by atoms with Crippen LogP contribution in [0.5, 0.6) is 5.75 Å². The molecule has 0 saturated carbocycles. The summed E-state index contributed by atoms with van der Waals surface area (Å²) in [4.78, 5) is 33.6. The van der Waals surface area contributed by atoms with Crippen LogP contribution in [0.1, 0.15) is 32.5 Å². The number of hydrogen-bond acceptors (Lipinski definition) is 6. The SMILES string of the molecule is Cc1nc(-c2ccccc2)sc1C(=O)C1=C(O)C(=O)N(CCc2ccc(Cl)cc2)C1c1cccc(O)c1. The highest BCUT2D eigenvalue weighted by Gasteiger charge is 2.44. The zero-order chi connectivity index (χ0) is 26.1. The van der Waals surface area contributed by atoms with Crippen molar-refractivity contribution in [1.29, 1.82) is 0 Å². The minimum absolute atomic E-state index is 0.00104. The summed E-state index contributed by atoms with van der Waals surface area (Å²) in [6.07, 6.45) is 0.491. The second-order valence-corrected chi connectivity index (χ2v) is 10.2. The van der Waals surface area contributed by atoms with E-state index in [1.165, 1.54) is 28.4 Å². The first-order valence-electron chi connectivity index (χ1n) is 11.7. The van der Waals surface area contributed by atoms with Gasteiger partial charge < -0.3 is 15.1 Å². The summed E-state index contributed by atoms with van der Waals surface area (Å²) in [6, 6.07) is 22.4. The number of amides is 1. The third-order valence-electron chi connectivity index (χ3n) is 6.31. The molecule has 0 aliphatic carbocycles. The first-order chi connectivity index (χ1) is 17.8. The molecule has 5 rings (SSSR count). The number of hydrogen-bond donors (Lipinski definition) is 2. The fourth-order valence-corrected chi connectivity index (χ4v) is 5.64. The fraction of sp³-hybridized carbons (Fsp3) is 0.138. The van der Waals surface area contributed by atoms with Crippen LogP contribution >= 0.6 is 22.9 Å². The van der Waals surface area contributed by atoms with E-state index in [1.807, 2.05) is 42.5 Å². The number of thiazole rings is 1. The van der Waals surface area contributed by atoms with E-state index in [0.717, 1.165) is 11.1 Å². The molecule has 1 aliphatic heterocycles. The smallest absolute Gasteiger partial charge is 0.290 e. The maximum Gasteiger partial charge on any atom is 0.290 e. The average Bonchev–Trinajstić information content (AvgIpc) is 3.41. The largest absolute Gasteiger partial charge is 0.508 e. The van der Waals surface area contributed by atoms with Gasteiger partial charge in [0.05, 0.1) is 22.2 Å². The molecular weight excluding hydrogens is 508 g/mol.